The van der Waals surface area contributed by atoms with E-state index in [0.29, 0.717) is 35.9 Å². The summed E-state index contributed by atoms with van der Waals surface area (Å²) in [6, 6.07) is 4.53. The molecule has 1 heterocycles. The van der Waals surface area contributed by atoms with Crippen molar-refractivity contribution in [2.45, 2.75) is 12.5 Å². The molecule has 150 valence electrons. The second-order valence-corrected chi connectivity index (χ2v) is 7.23. The van der Waals surface area contributed by atoms with Gasteiger partial charge in [-0.15, -0.1) is 11.6 Å². The van der Waals surface area contributed by atoms with Gasteiger partial charge in [-0.2, -0.15) is 0 Å². The largest absolute Gasteiger partial charge is 0.550 e. The number of piperidine rings is 1. The molecule has 1 aromatic rings. The van der Waals surface area contributed by atoms with Crippen LogP contribution in [0.4, 0.5) is 0 Å². The number of methoxy groups -OCH3 is 2. The number of ether oxygens (including phenoxy) is 2. The molecule has 3 rings (SSSR count). The molecule has 0 radical (unpaired) electrons. The standard InChI is InChI=1S/C21H24ClNO5/c1-27-16-9-8-13(12-17(16)28-2)19-18(21(25)26)14-6-3-4-7-15(14)20(24)23(19)11-5-10-22/h3-4,6-9,12,14-15,18-19H,5,10-11H2,1-2H3,(H,25,26)/p-1/t14-,15+,18-,19+/m1/s1. The van der Waals surface area contributed by atoms with Crippen molar-refractivity contribution < 1.29 is 24.2 Å². The summed E-state index contributed by atoms with van der Waals surface area (Å²) >= 11 is 5.86. The summed E-state index contributed by atoms with van der Waals surface area (Å²) in [5, 5.41) is 12.2. The second-order valence-electron chi connectivity index (χ2n) is 6.85. The van der Waals surface area contributed by atoms with Gasteiger partial charge >= 0.3 is 0 Å². The van der Waals surface area contributed by atoms with Gasteiger partial charge in [0.2, 0.25) is 5.91 Å². The third-order valence-electron chi connectivity index (χ3n) is 5.39. The van der Waals surface area contributed by atoms with E-state index in [4.69, 9.17) is 21.1 Å². The number of carbonyl (C=O) groups excluding carboxylic acids is 2. The van der Waals surface area contributed by atoms with Crippen molar-refractivity contribution in [3.8, 4) is 11.5 Å². The van der Waals surface area contributed by atoms with Gasteiger partial charge in [0.25, 0.3) is 0 Å². The van der Waals surface area contributed by atoms with Gasteiger partial charge in [0.1, 0.15) is 0 Å². The molecule has 6 nitrogen and oxygen atoms in total. The Morgan fingerprint density at radius 3 is 2.54 bits per heavy atom. The fourth-order valence-corrected chi connectivity index (χ4v) is 4.26. The Kier molecular flexibility index (Phi) is 6.29. The number of likely N-dealkylation sites (tertiary alicyclic amines) is 1. The average Bonchev–Trinajstić information content (AvgIpc) is 2.72. The fraction of sp³-hybridized carbons (Fsp3) is 0.429. The highest BCUT2D eigenvalue weighted by Gasteiger charge is 2.48. The first-order valence-electron chi connectivity index (χ1n) is 9.17. The maximum atomic E-state index is 13.2. The van der Waals surface area contributed by atoms with Crippen molar-refractivity contribution in [2.75, 3.05) is 26.6 Å². The normalized spacial score (nSPS) is 26.1. The average molecular weight is 405 g/mol. The van der Waals surface area contributed by atoms with E-state index in [0.717, 1.165) is 0 Å². The predicted molar refractivity (Wildman–Crippen MR) is 103 cm³/mol. The molecule has 1 aliphatic heterocycles. The highest BCUT2D eigenvalue weighted by atomic mass is 35.5. The molecular formula is C21H23ClNO5-. The number of nitrogens with zero attached hydrogens (tertiary/aromatic N) is 1. The Bertz CT molecular complexity index is 806. The molecule has 0 unspecified atom stereocenters. The van der Waals surface area contributed by atoms with E-state index in [-0.39, 0.29) is 5.91 Å². The van der Waals surface area contributed by atoms with Crippen molar-refractivity contribution in [3.05, 3.63) is 48.1 Å². The zero-order valence-electron chi connectivity index (χ0n) is 15.8. The molecule has 1 fully saturated rings. The van der Waals surface area contributed by atoms with Gasteiger partial charge in [-0.05, 0) is 24.1 Å². The van der Waals surface area contributed by atoms with Crippen molar-refractivity contribution >= 4 is 23.5 Å². The maximum Gasteiger partial charge on any atom is 0.230 e. The zero-order valence-corrected chi connectivity index (χ0v) is 16.6. The molecule has 0 bridgehead atoms. The number of benzene rings is 1. The number of carboxylic acid groups (broad SMARTS) is 1. The summed E-state index contributed by atoms with van der Waals surface area (Å²) < 4.78 is 10.7. The van der Waals surface area contributed by atoms with Crippen molar-refractivity contribution in [3.63, 3.8) is 0 Å². The molecule has 0 saturated carbocycles. The Hall–Kier alpha value is -2.47. The van der Waals surface area contributed by atoms with Gasteiger partial charge in [-0.1, -0.05) is 30.4 Å². The Morgan fingerprint density at radius 2 is 1.89 bits per heavy atom. The molecule has 1 aromatic carbocycles. The highest BCUT2D eigenvalue weighted by molar-refractivity contribution is 6.17. The number of hydrogen-bond donors (Lipinski definition) is 0. The molecule has 0 spiro atoms. The number of halogens is 1. The maximum absolute atomic E-state index is 13.2. The summed E-state index contributed by atoms with van der Waals surface area (Å²) in [7, 11) is 3.04. The van der Waals surface area contributed by atoms with Gasteiger partial charge in [-0.3, -0.25) is 4.79 Å². The highest BCUT2D eigenvalue weighted by Crippen LogP contribution is 2.46. The summed E-state index contributed by atoms with van der Waals surface area (Å²) in [5.41, 5.74) is 0.663. The van der Waals surface area contributed by atoms with Crippen LogP contribution in [0.3, 0.4) is 0 Å². The van der Waals surface area contributed by atoms with E-state index in [1.807, 2.05) is 0 Å². The number of carbonyl (C=O) groups is 2. The minimum absolute atomic E-state index is 0.104. The molecule has 0 aromatic heterocycles. The van der Waals surface area contributed by atoms with Crippen LogP contribution in [0.15, 0.2) is 42.5 Å². The van der Waals surface area contributed by atoms with Crippen LogP contribution in [-0.4, -0.2) is 43.4 Å². The number of aliphatic carboxylic acids is 1. The van der Waals surface area contributed by atoms with E-state index < -0.39 is 29.8 Å². The van der Waals surface area contributed by atoms with E-state index in [1.54, 1.807) is 47.4 Å². The van der Waals surface area contributed by atoms with Crippen LogP contribution in [0.2, 0.25) is 0 Å². The first kappa shape index (κ1) is 20.3. The van der Waals surface area contributed by atoms with Crippen LogP contribution in [0.1, 0.15) is 18.0 Å². The predicted octanol–water partition coefficient (Wildman–Crippen LogP) is 1.94. The van der Waals surface area contributed by atoms with E-state index >= 15 is 0 Å². The molecule has 2 aliphatic rings. The summed E-state index contributed by atoms with van der Waals surface area (Å²) in [5.74, 6) is -1.77. The van der Waals surface area contributed by atoms with E-state index in [1.165, 1.54) is 14.2 Å². The Morgan fingerprint density at radius 1 is 1.18 bits per heavy atom. The lowest BCUT2D eigenvalue weighted by molar-refractivity contribution is -0.316. The molecular weight excluding hydrogens is 382 g/mol. The third kappa shape index (κ3) is 3.61. The number of carboxylic acids is 1. The van der Waals surface area contributed by atoms with Crippen LogP contribution < -0.4 is 14.6 Å². The third-order valence-corrected chi connectivity index (χ3v) is 5.66. The molecule has 1 amide bonds. The van der Waals surface area contributed by atoms with Gasteiger partial charge in [0.05, 0.1) is 26.2 Å². The van der Waals surface area contributed by atoms with Gasteiger partial charge in [0.15, 0.2) is 11.5 Å². The quantitative estimate of drug-likeness (QED) is 0.649. The van der Waals surface area contributed by atoms with E-state index in [2.05, 4.69) is 0 Å². The number of allylic oxidation sites excluding steroid dienone is 3. The topological polar surface area (TPSA) is 78.9 Å². The van der Waals surface area contributed by atoms with E-state index in [9.17, 15) is 14.7 Å². The molecule has 7 heteroatoms. The first-order valence-corrected chi connectivity index (χ1v) is 9.71. The van der Waals surface area contributed by atoms with Gasteiger partial charge < -0.3 is 24.3 Å². The fourth-order valence-electron chi connectivity index (χ4n) is 4.14. The lowest BCUT2D eigenvalue weighted by Gasteiger charge is -2.49. The molecule has 0 N–H and O–H groups in total. The van der Waals surface area contributed by atoms with Gasteiger partial charge in [0, 0.05) is 30.2 Å². The van der Waals surface area contributed by atoms with Crippen LogP contribution in [0.5, 0.6) is 11.5 Å². The lowest BCUT2D eigenvalue weighted by atomic mass is 9.69. The SMILES string of the molecule is COc1ccc([C@H]2[C@H](C(=O)[O-])[C@@H]3C=CC=C[C@@H]3C(=O)N2CCCCl)cc1OC. The van der Waals surface area contributed by atoms with Crippen LogP contribution in [-0.2, 0) is 9.59 Å². The summed E-state index contributed by atoms with van der Waals surface area (Å²) in [6.45, 7) is 0.367. The van der Waals surface area contributed by atoms with Crippen molar-refractivity contribution in [1.29, 1.82) is 0 Å². The number of hydrogen-bond acceptors (Lipinski definition) is 5. The van der Waals surface area contributed by atoms with Crippen molar-refractivity contribution in [2.24, 2.45) is 17.8 Å². The first-order chi connectivity index (χ1) is 13.5. The molecule has 4 atom stereocenters. The van der Waals surface area contributed by atoms with Crippen LogP contribution >= 0.6 is 11.6 Å². The zero-order chi connectivity index (χ0) is 20.3. The van der Waals surface area contributed by atoms with Crippen LogP contribution in [0.25, 0.3) is 0 Å². The number of fused-ring (bicyclic) bond motifs is 1. The minimum Gasteiger partial charge on any atom is -0.550 e. The smallest absolute Gasteiger partial charge is 0.230 e. The van der Waals surface area contributed by atoms with Crippen LogP contribution in [0, 0.1) is 17.8 Å². The Balaban J connectivity index is 2.11. The molecule has 1 saturated heterocycles. The van der Waals surface area contributed by atoms with Gasteiger partial charge in [-0.25, -0.2) is 0 Å². The minimum atomic E-state index is -1.18. The number of amides is 1. The molecule has 1 aliphatic carbocycles. The summed E-state index contributed by atoms with van der Waals surface area (Å²) in [6.07, 6.45) is 7.68. The Labute approximate surface area is 169 Å². The second kappa shape index (κ2) is 8.69. The summed E-state index contributed by atoms with van der Waals surface area (Å²) in [4.78, 5) is 27.1. The number of alkyl halides is 1. The molecule has 28 heavy (non-hydrogen) atoms. The lowest BCUT2D eigenvalue weighted by Crippen LogP contribution is -2.56. The number of rotatable bonds is 7. The monoisotopic (exact) mass is 404 g/mol. The van der Waals surface area contributed by atoms with Crippen molar-refractivity contribution in [1.82, 2.24) is 4.90 Å².